The van der Waals surface area contributed by atoms with Crippen LogP contribution in [0.1, 0.15) is 163 Å². The Bertz CT molecular complexity index is 862. The maximum Gasteiger partial charge on any atom is 0.508 e. The number of rotatable bonds is 34. The van der Waals surface area contributed by atoms with Gasteiger partial charge in [0.15, 0.2) is 6.29 Å². The Hall–Kier alpha value is -1.90. The van der Waals surface area contributed by atoms with Gasteiger partial charge in [0, 0.05) is 38.0 Å². The Kier molecular flexibility index (Phi) is 32.2. The van der Waals surface area contributed by atoms with E-state index in [-0.39, 0.29) is 31.5 Å². The molecule has 0 amide bonds. The van der Waals surface area contributed by atoms with E-state index in [4.69, 9.17) is 23.7 Å². The molecular weight excluding hydrogens is 654 g/mol. The van der Waals surface area contributed by atoms with Crippen LogP contribution >= 0.6 is 0 Å². The summed E-state index contributed by atoms with van der Waals surface area (Å²) in [6.07, 6.45) is 29.0. The number of carbonyl (C=O) groups is 2. The predicted molar refractivity (Wildman–Crippen MR) is 214 cm³/mol. The molecule has 0 aliphatic carbocycles. The number of hydrogen-bond donors (Lipinski definition) is 0. The van der Waals surface area contributed by atoms with Crippen molar-refractivity contribution in [3.8, 4) is 0 Å². The lowest BCUT2D eigenvalue weighted by Gasteiger charge is -2.31. The van der Waals surface area contributed by atoms with Crippen molar-refractivity contribution >= 4 is 12.1 Å². The first-order chi connectivity index (χ1) is 25.4. The number of ether oxygens (including phenoxy) is 5. The van der Waals surface area contributed by atoms with Crippen molar-refractivity contribution in [2.24, 2.45) is 17.8 Å². The zero-order valence-electron chi connectivity index (χ0n) is 34.1. The second-order valence-corrected chi connectivity index (χ2v) is 14.7. The second kappa shape index (κ2) is 34.8. The highest BCUT2D eigenvalue weighted by atomic mass is 16.7. The molecule has 1 aliphatic heterocycles. The molecule has 52 heavy (non-hydrogen) atoms. The van der Waals surface area contributed by atoms with E-state index >= 15 is 0 Å². The van der Waals surface area contributed by atoms with Crippen molar-refractivity contribution in [3.63, 3.8) is 0 Å². The van der Waals surface area contributed by atoms with E-state index in [0.717, 1.165) is 116 Å². The lowest BCUT2D eigenvalue weighted by atomic mass is 9.89. The Morgan fingerprint density at radius 3 is 2.00 bits per heavy atom. The Balaban J connectivity index is 2.66. The van der Waals surface area contributed by atoms with Crippen molar-refractivity contribution < 1.29 is 33.3 Å². The number of nitrogens with zero attached hydrogens (tertiary/aromatic N) is 1. The number of likely N-dealkylation sites (tertiary alicyclic amines) is 1. The Labute approximate surface area is 320 Å². The van der Waals surface area contributed by atoms with Crippen LogP contribution in [0.25, 0.3) is 0 Å². The summed E-state index contributed by atoms with van der Waals surface area (Å²) in [5.41, 5.74) is 0. The zero-order valence-corrected chi connectivity index (χ0v) is 34.1. The molecule has 0 N–H and O–H groups in total. The van der Waals surface area contributed by atoms with Gasteiger partial charge >= 0.3 is 12.1 Å². The van der Waals surface area contributed by atoms with Gasteiger partial charge < -0.3 is 28.6 Å². The van der Waals surface area contributed by atoms with Crippen LogP contribution in [0.3, 0.4) is 0 Å². The van der Waals surface area contributed by atoms with E-state index in [2.05, 4.69) is 63.8 Å². The average molecular weight is 735 g/mol. The molecule has 3 atom stereocenters. The molecule has 0 bridgehead atoms. The zero-order chi connectivity index (χ0) is 37.9. The highest BCUT2D eigenvalue weighted by molar-refractivity contribution is 5.69. The lowest BCUT2D eigenvalue weighted by Crippen LogP contribution is -2.37. The molecular formula is C44H80NO7. The summed E-state index contributed by atoms with van der Waals surface area (Å²) in [7, 11) is 0. The van der Waals surface area contributed by atoms with Gasteiger partial charge in [-0.25, -0.2) is 4.79 Å². The van der Waals surface area contributed by atoms with Crippen molar-refractivity contribution in [3.05, 3.63) is 31.2 Å². The number of piperidine rings is 1. The van der Waals surface area contributed by atoms with Crippen LogP contribution in [0, 0.1) is 24.7 Å². The fourth-order valence-electron chi connectivity index (χ4n) is 6.72. The SMILES string of the molecule is [CH2]CCCC(CCCC)CCCC(COC(=O)CCC(OCCCC/C=C\CC)OCCCC/C=C\CC)COC(=O)OCC1CCCN(CC)C1. The molecule has 303 valence electrons. The third kappa shape index (κ3) is 27.7. The van der Waals surface area contributed by atoms with E-state index in [1.807, 2.05) is 0 Å². The van der Waals surface area contributed by atoms with Gasteiger partial charge in [0.25, 0.3) is 0 Å². The van der Waals surface area contributed by atoms with E-state index < -0.39 is 12.4 Å². The standard InChI is InChI=1S/C44H80NO7/c1-6-11-15-17-19-21-33-48-43(49-34-22-20-18-16-12-7-2)31-30-42(46)50-37-41(28-23-27-39(25-13-8-3)26-14-9-4)38-52-44(47)51-36-40-29-24-32-45(10-5)35-40/h11-12,15-16,39-41,43H,3,6-10,13-14,17-38H2,1-2,4-5H3/b15-11-,16-12-. The van der Waals surface area contributed by atoms with Gasteiger partial charge in [-0.05, 0) is 89.6 Å². The highest BCUT2D eigenvalue weighted by Gasteiger charge is 2.22. The van der Waals surface area contributed by atoms with Crippen LogP contribution in [-0.4, -0.2) is 76.0 Å². The van der Waals surface area contributed by atoms with Crippen LogP contribution in [0.5, 0.6) is 0 Å². The maximum absolute atomic E-state index is 13.0. The summed E-state index contributed by atoms with van der Waals surface area (Å²) >= 11 is 0. The third-order valence-corrected chi connectivity index (χ3v) is 9.98. The molecule has 1 saturated heterocycles. The number of hydrogen-bond acceptors (Lipinski definition) is 8. The van der Waals surface area contributed by atoms with Crippen molar-refractivity contribution in [1.29, 1.82) is 0 Å². The fraction of sp³-hybridized carbons (Fsp3) is 0.841. The van der Waals surface area contributed by atoms with Gasteiger partial charge in [-0.15, -0.1) is 0 Å². The first-order valence-electron chi connectivity index (χ1n) is 21.4. The highest BCUT2D eigenvalue weighted by Crippen LogP contribution is 2.24. The quantitative estimate of drug-likeness (QED) is 0.0280. The molecule has 1 fully saturated rings. The third-order valence-electron chi connectivity index (χ3n) is 9.98. The van der Waals surface area contributed by atoms with Crippen molar-refractivity contribution in [2.45, 2.75) is 169 Å². The summed E-state index contributed by atoms with van der Waals surface area (Å²) < 4.78 is 29.2. The second-order valence-electron chi connectivity index (χ2n) is 14.7. The summed E-state index contributed by atoms with van der Waals surface area (Å²) in [4.78, 5) is 28.0. The maximum atomic E-state index is 13.0. The minimum Gasteiger partial charge on any atom is -0.465 e. The molecule has 3 unspecified atom stereocenters. The lowest BCUT2D eigenvalue weighted by molar-refractivity contribution is -0.160. The number of carbonyl (C=O) groups excluding carboxylic acids is 2. The van der Waals surface area contributed by atoms with E-state index in [1.165, 1.54) is 25.7 Å². The minimum atomic E-state index is -0.624. The molecule has 8 heteroatoms. The summed E-state index contributed by atoms with van der Waals surface area (Å²) in [5, 5.41) is 0. The van der Waals surface area contributed by atoms with Gasteiger partial charge in [-0.3, -0.25) is 4.79 Å². The monoisotopic (exact) mass is 735 g/mol. The Morgan fingerprint density at radius 2 is 1.37 bits per heavy atom. The number of esters is 1. The minimum absolute atomic E-state index is 0.0757. The molecule has 0 aromatic rings. The molecule has 0 aromatic heterocycles. The first kappa shape index (κ1) is 48.1. The normalized spacial score (nSPS) is 16.0. The van der Waals surface area contributed by atoms with Gasteiger partial charge in [0.05, 0.1) is 19.6 Å². The van der Waals surface area contributed by atoms with Gasteiger partial charge in [0.1, 0.15) is 6.61 Å². The molecule has 0 aromatic carbocycles. The summed E-state index contributed by atoms with van der Waals surface area (Å²) in [6, 6.07) is 0. The van der Waals surface area contributed by atoms with Gasteiger partial charge in [0.2, 0.25) is 0 Å². The summed E-state index contributed by atoms with van der Waals surface area (Å²) in [6.45, 7) is 17.9. The van der Waals surface area contributed by atoms with Crippen LogP contribution in [0.2, 0.25) is 0 Å². The fourth-order valence-corrected chi connectivity index (χ4v) is 6.72. The van der Waals surface area contributed by atoms with E-state index in [9.17, 15) is 9.59 Å². The number of allylic oxidation sites excluding steroid dienone is 4. The summed E-state index contributed by atoms with van der Waals surface area (Å²) in [5.74, 6) is 0.687. The molecule has 0 saturated carbocycles. The van der Waals surface area contributed by atoms with Gasteiger partial charge in [-0.2, -0.15) is 0 Å². The smallest absolute Gasteiger partial charge is 0.465 e. The largest absolute Gasteiger partial charge is 0.508 e. The van der Waals surface area contributed by atoms with Crippen molar-refractivity contribution in [1.82, 2.24) is 4.90 Å². The molecule has 0 spiro atoms. The van der Waals surface area contributed by atoms with E-state index in [0.29, 0.717) is 38.1 Å². The number of unbranched alkanes of at least 4 members (excludes halogenated alkanes) is 6. The predicted octanol–water partition coefficient (Wildman–Crippen LogP) is 11.4. The molecule has 1 aliphatic rings. The van der Waals surface area contributed by atoms with Crippen molar-refractivity contribution in [2.75, 3.05) is 52.7 Å². The Morgan fingerprint density at radius 1 is 0.731 bits per heavy atom. The average Bonchev–Trinajstić information content (AvgIpc) is 3.16. The molecule has 8 nitrogen and oxygen atoms in total. The molecule has 1 radical (unpaired) electrons. The van der Waals surface area contributed by atoms with Crippen LogP contribution in [0.15, 0.2) is 24.3 Å². The van der Waals surface area contributed by atoms with E-state index in [1.54, 1.807) is 0 Å². The topological polar surface area (TPSA) is 83.5 Å². The van der Waals surface area contributed by atoms with Crippen LogP contribution < -0.4 is 0 Å². The van der Waals surface area contributed by atoms with Crippen LogP contribution in [-0.2, 0) is 28.5 Å². The van der Waals surface area contributed by atoms with Crippen LogP contribution in [0.4, 0.5) is 4.79 Å². The molecule has 1 heterocycles. The van der Waals surface area contributed by atoms with Gasteiger partial charge in [-0.1, -0.05) is 110 Å². The first-order valence-corrected chi connectivity index (χ1v) is 21.4. The molecule has 1 rings (SSSR count).